The number of nitrogens with one attached hydrogen (secondary N) is 1. The first-order chi connectivity index (χ1) is 10.1. The lowest BCUT2D eigenvalue weighted by atomic mass is 10.3. The summed E-state index contributed by atoms with van der Waals surface area (Å²) in [6, 6.07) is 9.28. The van der Waals surface area contributed by atoms with E-state index >= 15 is 0 Å². The summed E-state index contributed by atoms with van der Waals surface area (Å²) in [6.07, 6.45) is 2.07. The summed E-state index contributed by atoms with van der Waals surface area (Å²) in [5, 5.41) is 2.90. The van der Waals surface area contributed by atoms with Crippen molar-refractivity contribution in [3.63, 3.8) is 0 Å². The van der Waals surface area contributed by atoms with Gasteiger partial charge >= 0.3 is 0 Å². The highest BCUT2D eigenvalue weighted by Gasteiger charge is 2.14. The van der Waals surface area contributed by atoms with Gasteiger partial charge in [0, 0.05) is 4.47 Å². The quantitative estimate of drug-likeness (QED) is 0.594. The van der Waals surface area contributed by atoms with E-state index in [0.717, 1.165) is 21.1 Å². The third kappa shape index (κ3) is 4.56. The molecule has 112 valence electrons. The fraction of sp³-hybridized carbons (Fsp3) is 0.267. The minimum absolute atomic E-state index is 0.141. The molecule has 0 radical (unpaired) electrons. The molecule has 1 amide bonds. The number of hydrogen-bond acceptors (Lipinski definition) is 3. The normalized spacial score (nSPS) is 10.4. The second-order valence-corrected chi connectivity index (χ2v) is 7.61. The number of amides is 1. The minimum Gasteiger partial charge on any atom is -0.491 e. The summed E-state index contributed by atoms with van der Waals surface area (Å²) >= 11 is 8.16. The Bertz CT molecular complexity index is 608. The van der Waals surface area contributed by atoms with E-state index in [1.54, 1.807) is 6.07 Å². The second-order valence-electron chi connectivity index (χ2n) is 4.38. The fourth-order valence-corrected chi connectivity index (χ4v) is 3.60. The van der Waals surface area contributed by atoms with Crippen LogP contribution in [-0.4, -0.2) is 12.5 Å². The molecule has 0 saturated heterocycles. The minimum atomic E-state index is -0.141. The Morgan fingerprint density at radius 3 is 2.76 bits per heavy atom. The summed E-state index contributed by atoms with van der Waals surface area (Å²) in [5.41, 5.74) is 0.694. The van der Waals surface area contributed by atoms with Crippen molar-refractivity contribution in [2.75, 3.05) is 11.9 Å². The Morgan fingerprint density at radius 2 is 2.10 bits per heavy atom. The molecule has 0 saturated carbocycles. The second kappa shape index (κ2) is 7.96. The smallest absolute Gasteiger partial charge is 0.265 e. The van der Waals surface area contributed by atoms with Gasteiger partial charge in [-0.15, -0.1) is 11.3 Å². The molecule has 21 heavy (non-hydrogen) atoms. The number of carbonyl (C=O) groups is 1. The molecule has 0 aliphatic rings. The molecule has 2 rings (SSSR count). The van der Waals surface area contributed by atoms with Gasteiger partial charge in [0.05, 0.1) is 21.0 Å². The van der Waals surface area contributed by atoms with E-state index < -0.39 is 0 Å². The zero-order valence-electron chi connectivity index (χ0n) is 11.5. The number of unbranched alkanes of at least 4 members (excludes halogenated alkanes) is 1. The molecule has 0 fully saturated rings. The molecule has 0 aliphatic carbocycles. The molecule has 6 heteroatoms. The van der Waals surface area contributed by atoms with Crippen LogP contribution >= 0.6 is 43.2 Å². The van der Waals surface area contributed by atoms with Crippen molar-refractivity contribution >= 4 is 54.8 Å². The third-order valence-corrected chi connectivity index (χ3v) is 6.01. The van der Waals surface area contributed by atoms with Crippen molar-refractivity contribution in [1.29, 1.82) is 0 Å². The summed E-state index contributed by atoms with van der Waals surface area (Å²) < 4.78 is 7.50. The monoisotopic (exact) mass is 431 g/mol. The summed E-state index contributed by atoms with van der Waals surface area (Å²) in [5.74, 6) is 0.562. The van der Waals surface area contributed by atoms with Crippen LogP contribution < -0.4 is 10.1 Å². The summed E-state index contributed by atoms with van der Waals surface area (Å²) in [4.78, 5) is 12.9. The zero-order valence-corrected chi connectivity index (χ0v) is 15.5. The van der Waals surface area contributed by atoms with E-state index in [1.807, 2.05) is 24.3 Å². The molecule has 1 aromatic carbocycles. The van der Waals surface area contributed by atoms with Crippen LogP contribution in [0.2, 0.25) is 0 Å². The number of rotatable bonds is 6. The lowest BCUT2D eigenvalue weighted by molar-refractivity contribution is 0.103. The maximum Gasteiger partial charge on any atom is 0.265 e. The van der Waals surface area contributed by atoms with E-state index in [4.69, 9.17) is 4.74 Å². The molecule has 0 spiro atoms. The van der Waals surface area contributed by atoms with E-state index in [0.29, 0.717) is 22.9 Å². The van der Waals surface area contributed by atoms with E-state index in [9.17, 15) is 4.79 Å². The average Bonchev–Trinajstić information content (AvgIpc) is 2.81. The highest BCUT2D eigenvalue weighted by atomic mass is 79.9. The van der Waals surface area contributed by atoms with Crippen LogP contribution in [0.3, 0.4) is 0 Å². The number of carbonyl (C=O) groups excluding carboxylic acids is 1. The predicted molar refractivity (Wildman–Crippen MR) is 94.5 cm³/mol. The maximum atomic E-state index is 12.3. The van der Waals surface area contributed by atoms with Crippen molar-refractivity contribution < 1.29 is 9.53 Å². The SMILES string of the molecule is CCCCOc1ccccc1NC(=O)c1cc(Br)c(Br)s1. The Labute approximate surface area is 145 Å². The van der Waals surface area contributed by atoms with Crippen LogP contribution in [0.5, 0.6) is 5.75 Å². The first kappa shape index (κ1) is 16.5. The Morgan fingerprint density at radius 1 is 1.33 bits per heavy atom. The largest absolute Gasteiger partial charge is 0.491 e. The lowest BCUT2D eigenvalue weighted by Crippen LogP contribution is -2.11. The van der Waals surface area contributed by atoms with E-state index in [2.05, 4.69) is 44.1 Å². The molecule has 0 unspecified atom stereocenters. The summed E-state index contributed by atoms with van der Waals surface area (Å²) in [7, 11) is 0. The van der Waals surface area contributed by atoms with Gasteiger partial charge in [-0.1, -0.05) is 25.5 Å². The molecule has 3 nitrogen and oxygen atoms in total. The van der Waals surface area contributed by atoms with Crippen LogP contribution in [0.1, 0.15) is 29.4 Å². The number of hydrogen-bond donors (Lipinski definition) is 1. The Kier molecular flexibility index (Phi) is 6.26. The molecular formula is C15H15Br2NO2S. The van der Waals surface area contributed by atoms with Gasteiger partial charge in [0.15, 0.2) is 0 Å². The highest BCUT2D eigenvalue weighted by Crippen LogP contribution is 2.33. The van der Waals surface area contributed by atoms with Crippen molar-refractivity contribution in [3.8, 4) is 5.75 Å². The molecule has 0 bridgehead atoms. The lowest BCUT2D eigenvalue weighted by Gasteiger charge is -2.11. The maximum absolute atomic E-state index is 12.3. The van der Waals surface area contributed by atoms with Crippen LogP contribution in [0.15, 0.2) is 38.6 Å². The molecule has 0 atom stereocenters. The number of halogens is 2. The number of ether oxygens (including phenoxy) is 1. The number of thiophene rings is 1. The van der Waals surface area contributed by atoms with Gasteiger partial charge in [0.25, 0.3) is 5.91 Å². The molecule has 1 N–H and O–H groups in total. The van der Waals surface area contributed by atoms with Crippen LogP contribution in [0, 0.1) is 0 Å². The van der Waals surface area contributed by atoms with Crippen molar-refractivity contribution in [2.24, 2.45) is 0 Å². The van der Waals surface area contributed by atoms with Crippen LogP contribution in [0.25, 0.3) is 0 Å². The van der Waals surface area contributed by atoms with Crippen molar-refractivity contribution in [3.05, 3.63) is 43.5 Å². The number of para-hydroxylation sites is 2. The van der Waals surface area contributed by atoms with Gasteiger partial charge in [0.2, 0.25) is 0 Å². The molecule has 2 aromatic rings. The first-order valence-electron chi connectivity index (χ1n) is 6.59. The van der Waals surface area contributed by atoms with Crippen molar-refractivity contribution in [2.45, 2.75) is 19.8 Å². The summed E-state index contributed by atoms with van der Waals surface area (Å²) in [6.45, 7) is 2.77. The topological polar surface area (TPSA) is 38.3 Å². The van der Waals surface area contributed by atoms with Gasteiger partial charge in [-0.05, 0) is 56.5 Å². The first-order valence-corrected chi connectivity index (χ1v) is 9.00. The predicted octanol–water partition coefficient (Wildman–Crippen LogP) is 5.70. The zero-order chi connectivity index (χ0) is 15.2. The third-order valence-electron chi connectivity index (χ3n) is 2.76. The van der Waals surface area contributed by atoms with Gasteiger partial charge < -0.3 is 10.1 Å². The molecule has 1 heterocycles. The van der Waals surface area contributed by atoms with Crippen LogP contribution in [-0.2, 0) is 0 Å². The highest BCUT2D eigenvalue weighted by molar-refractivity contribution is 9.13. The van der Waals surface area contributed by atoms with E-state index in [-0.39, 0.29) is 5.91 Å². The van der Waals surface area contributed by atoms with Crippen LogP contribution in [0.4, 0.5) is 5.69 Å². The Hall–Kier alpha value is -0.850. The molecular weight excluding hydrogens is 418 g/mol. The number of benzene rings is 1. The number of anilines is 1. The molecule has 1 aromatic heterocycles. The average molecular weight is 433 g/mol. The van der Waals surface area contributed by atoms with Gasteiger partial charge in [-0.3, -0.25) is 4.79 Å². The van der Waals surface area contributed by atoms with Crippen molar-refractivity contribution in [1.82, 2.24) is 0 Å². The fourth-order valence-electron chi connectivity index (χ4n) is 1.66. The van der Waals surface area contributed by atoms with Gasteiger partial charge in [-0.2, -0.15) is 0 Å². The van der Waals surface area contributed by atoms with Gasteiger partial charge in [0.1, 0.15) is 5.75 Å². The Balaban J connectivity index is 2.09. The van der Waals surface area contributed by atoms with Gasteiger partial charge in [-0.25, -0.2) is 0 Å². The van der Waals surface area contributed by atoms with E-state index in [1.165, 1.54) is 11.3 Å². The standard InChI is InChI=1S/C15H15Br2NO2S/c1-2-3-8-20-12-7-5-4-6-11(12)18-15(19)13-9-10(16)14(17)21-13/h4-7,9H,2-3,8H2,1H3,(H,18,19). The molecule has 0 aliphatic heterocycles.